The van der Waals surface area contributed by atoms with Gasteiger partial charge in [-0.3, -0.25) is 14.4 Å². The van der Waals surface area contributed by atoms with Crippen molar-refractivity contribution >= 4 is 29.1 Å². The Morgan fingerprint density at radius 1 is 1.00 bits per heavy atom. The number of benzene rings is 2. The summed E-state index contributed by atoms with van der Waals surface area (Å²) < 4.78 is 12.7. The van der Waals surface area contributed by atoms with Crippen molar-refractivity contribution in [2.24, 2.45) is 11.8 Å². The summed E-state index contributed by atoms with van der Waals surface area (Å²) in [6.45, 7) is 17.2. The third kappa shape index (κ3) is 6.07. The Morgan fingerprint density at radius 3 is 2.35 bits per heavy atom. The number of rotatable bonds is 16. The van der Waals surface area contributed by atoms with E-state index in [0.717, 1.165) is 16.8 Å². The van der Waals surface area contributed by atoms with E-state index in [4.69, 9.17) is 9.47 Å². The SMILES string of the molecule is C=CCN(C(=O)[C@H]1[C@H]2C(=O)N(CCCCCO)C(C(=O)N(CC=C)c3cc(C)ccc3C)C23CC[C@]1(CC)O3)c1ccc(OCC)cc1. The van der Waals surface area contributed by atoms with Crippen molar-refractivity contribution < 1.29 is 29.0 Å². The van der Waals surface area contributed by atoms with E-state index in [1.165, 1.54) is 0 Å². The van der Waals surface area contributed by atoms with Crippen LogP contribution in [-0.2, 0) is 19.1 Å². The van der Waals surface area contributed by atoms with Crippen LogP contribution in [0.15, 0.2) is 67.8 Å². The highest BCUT2D eigenvalue weighted by Gasteiger charge is 2.79. The minimum atomic E-state index is -1.16. The number of likely N-dealkylation sites (tertiary alicyclic amines) is 1. The summed E-state index contributed by atoms with van der Waals surface area (Å²) in [7, 11) is 0. The van der Waals surface area contributed by atoms with Crippen LogP contribution in [0.1, 0.15) is 63.5 Å². The molecule has 3 amide bonds. The van der Waals surface area contributed by atoms with Crippen molar-refractivity contribution in [3.05, 3.63) is 78.9 Å². The van der Waals surface area contributed by atoms with Gasteiger partial charge in [0.05, 0.1) is 24.0 Å². The molecule has 258 valence electrons. The lowest BCUT2D eigenvalue weighted by atomic mass is 9.64. The molecule has 0 radical (unpaired) electrons. The van der Waals surface area contributed by atoms with Gasteiger partial charge in [-0.2, -0.15) is 0 Å². The number of ether oxygens (including phenoxy) is 2. The quantitative estimate of drug-likeness (QED) is 0.182. The zero-order chi connectivity index (χ0) is 34.6. The van der Waals surface area contributed by atoms with E-state index >= 15 is 4.79 Å². The predicted molar refractivity (Wildman–Crippen MR) is 188 cm³/mol. The lowest BCUT2D eigenvalue weighted by Gasteiger charge is -2.37. The summed E-state index contributed by atoms with van der Waals surface area (Å²) in [4.78, 5) is 49.8. The molecule has 2 bridgehead atoms. The Balaban J connectivity index is 1.59. The zero-order valence-electron chi connectivity index (χ0n) is 29.0. The van der Waals surface area contributed by atoms with Crippen LogP contribution in [0.3, 0.4) is 0 Å². The first-order chi connectivity index (χ1) is 23.1. The van der Waals surface area contributed by atoms with Crippen LogP contribution in [0.4, 0.5) is 11.4 Å². The zero-order valence-corrected chi connectivity index (χ0v) is 29.0. The number of nitrogens with zero attached hydrogens (tertiary/aromatic N) is 3. The normalized spacial score (nSPS) is 25.6. The Hall–Kier alpha value is -3.95. The second-order valence-electron chi connectivity index (χ2n) is 13.3. The van der Waals surface area contributed by atoms with Crippen LogP contribution in [0.5, 0.6) is 5.75 Å². The molecule has 1 N–H and O–H groups in total. The van der Waals surface area contributed by atoms with Gasteiger partial charge in [-0.15, -0.1) is 13.2 Å². The number of hydrogen-bond donors (Lipinski definition) is 1. The van der Waals surface area contributed by atoms with E-state index in [0.29, 0.717) is 63.1 Å². The number of aliphatic hydroxyl groups excluding tert-OH is 1. The van der Waals surface area contributed by atoms with Crippen LogP contribution in [0.25, 0.3) is 0 Å². The van der Waals surface area contributed by atoms with Crippen molar-refractivity contribution in [1.82, 2.24) is 4.90 Å². The van der Waals surface area contributed by atoms with Gasteiger partial charge in [-0.05, 0) is 101 Å². The third-order valence-corrected chi connectivity index (χ3v) is 10.5. The fourth-order valence-electron chi connectivity index (χ4n) is 8.29. The number of unbranched alkanes of at least 4 members (excludes halogenated alkanes) is 2. The number of carbonyl (C=O) groups excluding carboxylic acids is 3. The Bertz CT molecular complexity index is 1520. The number of aryl methyl sites for hydroxylation is 2. The molecule has 9 heteroatoms. The van der Waals surface area contributed by atoms with E-state index < -0.39 is 29.1 Å². The summed E-state index contributed by atoms with van der Waals surface area (Å²) in [6.07, 6.45) is 6.93. The molecule has 3 heterocycles. The molecule has 0 aromatic heterocycles. The molecule has 3 aliphatic rings. The van der Waals surface area contributed by atoms with Gasteiger partial charge in [0.25, 0.3) is 5.91 Å². The number of anilines is 2. The van der Waals surface area contributed by atoms with Gasteiger partial charge in [-0.1, -0.05) is 31.2 Å². The maximum atomic E-state index is 15.0. The van der Waals surface area contributed by atoms with Crippen molar-refractivity contribution in [3.8, 4) is 5.75 Å². The summed E-state index contributed by atoms with van der Waals surface area (Å²) in [5.74, 6) is -1.53. The molecule has 3 fully saturated rings. The van der Waals surface area contributed by atoms with E-state index in [2.05, 4.69) is 13.2 Å². The van der Waals surface area contributed by atoms with Crippen LogP contribution in [0, 0.1) is 25.7 Å². The average molecular weight is 658 g/mol. The smallest absolute Gasteiger partial charge is 0.253 e. The molecular formula is C39H51N3O6. The molecule has 48 heavy (non-hydrogen) atoms. The first-order valence-corrected chi connectivity index (χ1v) is 17.4. The lowest BCUT2D eigenvalue weighted by Crippen LogP contribution is -2.56. The van der Waals surface area contributed by atoms with Crippen molar-refractivity contribution in [2.45, 2.75) is 83.5 Å². The molecule has 0 saturated carbocycles. The van der Waals surface area contributed by atoms with E-state index in [1.807, 2.05) is 70.2 Å². The first kappa shape index (κ1) is 35.4. The topological polar surface area (TPSA) is 99.6 Å². The molecule has 1 spiro atoms. The van der Waals surface area contributed by atoms with Gasteiger partial charge in [0.15, 0.2) is 0 Å². The van der Waals surface area contributed by atoms with Crippen molar-refractivity contribution in [3.63, 3.8) is 0 Å². The molecule has 2 aromatic carbocycles. The largest absolute Gasteiger partial charge is 0.494 e. The van der Waals surface area contributed by atoms with Crippen LogP contribution in [-0.4, -0.2) is 77.8 Å². The van der Waals surface area contributed by atoms with Crippen LogP contribution >= 0.6 is 0 Å². The van der Waals surface area contributed by atoms with Gasteiger partial charge in [-0.25, -0.2) is 0 Å². The Morgan fingerprint density at radius 2 is 1.71 bits per heavy atom. The average Bonchev–Trinajstić information content (AvgIpc) is 3.69. The predicted octanol–water partition coefficient (Wildman–Crippen LogP) is 5.76. The molecule has 2 aromatic rings. The Labute approximate surface area is 285 Å². The number of amides is 3. The van der Waals surface area contributed by atoms with E-state index in [1.54, 1.807) is 26.9 Å². The highest BCUT2D eigenvalue weighted by molar-refractivity contribution is 6.07. The first-order valence-electron chi connectivity index (χ1n) is 17.4. The maximum Gasteiger partial charge on any atom is 0.253 e. The molecule has 0 aliphatic carbocycles. The third-order valence-electron chi connectivity index (χ3n) is 10.5. The summed E-state index contributed by atoms with van der Waals surface area (Å²) >= 11 is 0. The summed E-state index contributed by atoms with van der Waals surface area (Å²) in [5.41, 5.74) is 1.36. The standard InChI is InChI=1S/C39H51N3O6/c1-7-22-40(29-16-18-30(19-17-29)47-10-4)35(44)32-33-36(45)42(24-12-11-13-25-43)34(39(33)21-20-38(32,9-3)48-39)37(46)41(23-8-2)31-26-27(5)14-15-28(31)6/h7-8,14-19,26,32-34,43H,1-2,9-13,20-25H2,3-6H3/t32-,33+,34?,38+,39?/m1/s1. The van der Waals surface area contributed by atoms with Gasteiger partial charge in [0.1, 0.15) is 17.4 Å². The molecular weight excluding hydrogens is 606 g/mol. The number of carbonyl (C=O) groups is 3. The minimum absolute atomic E-state index is 0.0615. The molecule has 5 atom stereocenters. The summed E-state index contributed by atoms with van der Waals surface area (Å²) in [6, 6.07) is 12.5. The molecule has 5 rings (SSSR count). The van der Waals surface area contributed by atoms with Gasteiger partial charge in [0.2, 0.25) is 11.8 Å². The van der Waals surface area contributed by atoms with Gasteiger partial charge in [0, 0.05) is 37.6 Å². The highest BCUT2D eigenvalue weighted by atomic mass is 16.5. The second-order valence-corrected chi connectivity index (χ2v) is 13.3. The van der Waals surface area contributed by atoms with Gasteiger partial charge < -0.3 is 29.3 Å². The van der Waals surface area contributed by atoms with Crippen molar-refractivity contribution in [1.29, 1.82) is 0 Å². The highest BCUT2D eigenvalue weighted by Crippen LogP contribution is 2.65. The van der Waals surface area contributed by atoms with E-state index in [-0.39, 0.29) is 37.4 Å². The minimum Gasteiger partial charge on any atom is -0.494 e. The van der Waals surface area contributed by atoms with E-state index in [9.17, 15) is 14.7 Å². The molecule has 3 saturated heterocycles. The van der Waals surface area contributed by atoms with Gasteiger partial charge >= 0.3 is 0 Å². The van der Waals surface area contributed by atoms with Crippen molar-refractivity contribution in [2.75, 3.05) is 42.6 Å². The second kappa shape index (κ2) is 14.7. The number of aliphatic hydroxyl groups is 1. The number of fused-ring (bicyclic) bond motifs is 1. The summed E-state index contributed by atoms with van der Waals surface area (Å²) in [5, 5.41) is 9.43. The molecule has 2 unspecified atom stereocenters. The fraction of sp³-hybridized carbons (Fsp3) is 0.513. The molecule has 9 nitrogen and oxygen atoms in total. The van der Waals surface area contributed by atoms with Crippen LogP contribution in [0.2, 0.25) is 0 Å². The Kier molecular flexibility index (Phi) is 10.8. The molecule has 3 aliphatic heterocycles. The fourth-order valence-corrected chi connectivity index (χ4v) is 8.29. The monoisotopic (exact) mass is 657 g/mol. The van der Waals surface area contributed by atoms with Crippen LogP contribution < -0.4 is 14.5 Å². The number of hydrogen-bond acceptors (Lipinski definition) is 6. The lowest BCUT2D eigenvalue weighted by molar-refractivity contribution is -0.146. The maximum absolute atomic E-state index is 15.0.